The van der Waals surface area contributed by atoms with Crippen molar-refractivity contribution in [2.75, 3.05) is 0 Å². The van der Waals surface area contributed by atoms with Crippen LogP contribution < -0.4 is 5.32 Å². The van der Waals surface area contributed by atoms with Crippen LogP contribution in [0, 0.1) is 11.8 Å². The Labute approximate surface area is 155 Å². The van der Waals surface area contributed by atoms with Crippen molar-refractivity contribution in [3.05, 3.63) is 70.7 Å². The third-order valence-corrected chi connectivity index (χ3v) is 5.34. The average Bonchev–Trinajstić information content (AvgIpc) is 3.39. The summed E-state index contributed by atoms with van der Waals surface area (Å²) in [5.41, 5.74) is 2.21. The minimum atomic E-state index is 0.0901. The molecule has 1 saturated carbocycles. The Hall–Kier alpha value is -1.80. The van der Waals surface area contributed by atoms with Crippen LogP contribution in [0.3, 0.4) is 0 Å². The number of hydrogen-bond donors (Lipinski definition) is 1. The SMILES string of the molecule is CCCC[C@@H]1C[C@@H]1C(NC(=O)Cc1ccccc1)c1ccc(Cl)cc1. The van der Waals surface area contributed by atoms with Crippen LogP contribution in [-0.4, -0.2) is 5.91 Å². The summed E-state index contributed by atoms with van der Waals surface area (Å²) in [5, 5.41) is 4.02. The maximum atomic E-state index is 12.6. The Morgan fingerprint density at radius 2 is 1.88 bits per heavy atom. The van der Waals surface area contributed by atoms with Gasteiger partial charge in [0.15, 0.2) is 0 Å². The molecule has 0 radical (unpaired) electrons. The second kappa shape index (κ2) is 8.53. The zero-order valence-electron chi connectivity index (χ0n) is 14.7. The zero-order valence-corrected chi connectivity index (χ0v) is 15.5. The van der Waals surface area contributed by atoms with E-state index in [2.05, 4.69) is 12.2 Å². The smallest absolute Gasteiger partial charge is 0.224 e. The topological polar surface area (TPSA) is 29.1 Å². The first-order valence-electron chi connectivity index (χ1n) is 9.26. The lowest BCUT2D eigenvalue weighted by atomic mass is 9.99. The molecule has 1 aliphatic carbocycles. The normalized spacial score (nSPS) is 20.1. The minimum absolute atomic E-state index is 0.0901. The number of carbonyl (C=O) groups excluding carboxylic acids is 1. The number of rotatable bonds is 8. The van der Waals surface area contributed by atoms with Gasteiger partial charge in [-0.15, -0.1) is 0 Å². The second-order valence-electron chi connectivity index (χ2n) is 7.06. The van der Waals surface area contributed by atoms with E-state index in [-0.39, 0.29) is 11.9 Å². The lowest BCUT2D eigenvalue weighted by molar-refractivity contribution is -0.121. The Kier molecular flexibility index (Phi) is 6.14. The van der Waals surface area contributed by atoms with E-state index >= 15 is 0 Å². The van der Waals surface area contributed by atoms with Crippen molar-refractivity contribution >= 4 is 17.5 Å². The van der Waals surface area contributed by atoms with Crippen LogP contribution in [0.2, 0.25) is 5.02 Å². The summed E-state index contributed by atoms with van der Waals surface area (Å²) in [5.74, 6) is 1.37. The highest BCUT2D eigenvalue weighted by atomic mass is 35.5. The summed E-state index contributed by atoms with van der Waals surface area (Å²) in [7, 11) is 0. The van der Waals surface area contributed by atoms with Crippen molar-refractivity contribution in [1.29, 1.82) is 0 Å². The van der Waals surface area contributed by atoms with Crippen LogP contribution in [0.4, 0.5) is 0 Å². The number of hydrogen-bond acceptors (Lipinski definition) is 1. The number of amides is 1. The fourth-order valence-electron chi connectivity index (χ4n) is 3.59. The summed E-state index contributed by atoms with van der Waals surface area (Å²) in [6.45, 7) is 2.23. The largest absolute Gasteiger partial charge is 0.349 e. The molecule has 0 saturated heterocycles. The number of nitrogens with one attached hydrogen (secondary N) is 1. The van der Waals surface area contributed by atoms with Crippen molar-refractivity contribution in [2.45, 2.75) is 45.1 Å². The van der Waals surface area contributed by atoms with Gasteiger partial charge in [-0.05, 0) is 41.5 Å². The number of unbranched alkanes of at least 4 members (excludes halogenated alkanes) is 1. The molecule has 0 bridgehead atoms. The predicted molar refractivity (Wildman–Crippen MR) is 104 cm³/mol. The Morgan fingerprint density at radius 3 is 2.56 bits per heavy atom. The van der Waals surface area contributed by atoms with E-state index in [1.807, 2.05) is 54.6 Å². The van der Waals surface area contributed by atoms with Crippen LogP contribution in [0.25, 0.3) is 0 Å². The lowest BCUT2D eigenvalue weighted by Crippen LogP contribution is -2.31. The van der Waals surface area contributed by atoms with Gasteiger partial charge in [-0.1, -0.05) is 80.3 Å². The molecule has 3 atom stereocenters. The molecule has 2 aromatic carbocycles. The second-order valence-corrected chi connectivity index (χ2v) is 7.50. The summed E-state index contributed by atoms with van der Waals surface area (Å²) in [6, 6.07) is 17.9. The molecule has 2 aromatic rings. The summed E-state index contributed by atoms with van der Waals surface area (Å²) >= 11 is 6.03. The van der Waals surface area contributed by atoms with Gasteiger partial charge in [-0.2, -0.15) is 0 Å². The van der Waals surface area contributed by atoms with E-state index in [0.29, 0.717) is 12.3 Å². The van der Waals surface area contributed by atoms with Crippen LogP contribution >= 0.6 is 11.6 Å². The fourth-order valence-corrected chi connectivity index (χ4v) is 3.72. The van der Waals surface area contributed by atoms with E-state index in [1.54, 1.807) is 0 Å². The Bertz CT molecular complexity index is 683. The standard InChI is InChI=1S/C22H26ClNO/c1-2-3-9-18-15-20(18)22(17-10-12-19(23)13-11-17)24-21(25)14-16-7-5-4-6-8-16/h4-8,10-13,18,20,22H,2-3,9,14-15H2,1H3,(H,24,25)/t18-,20+,22?/m1/s1. The molecule has 1 N–H and O–H groups in total. The molecule has 0 heterocycles. The Morgan fingerprint density at radius 1 is 1.16 bits per heavy atom. The third-order valence-electron chi connectivity index (χ3n) is 5.09. The van der Waals surface area contributed by atoms with Crippen LogP contribution in [0.1, 0.15) is 49.8 Å². The Balaban J connectivity index is 1.68. The molecule has 1 unspecified atom stereocenters. The molecular formula is C22H26ClNO. The van der Waals surface area contributed by atoms with Gasteiger partial charge < -0.3 is 5.32 Å². The van der Waals surface area contributed by atoms with E-state index in [1.165, 1.54) is 25.7 Å². The van der Waals surface area contributed by atoms with E-state index < -0.39 is 0 Å². The van der Waals surface area contributed by atoms with Crippen molar-refractivity contribution in [3.63, 3.8) is 0 Å². The number of carbonyl (C=O) groups is 1. The van der Waals surface area contributed by atoms with E-state index in [0.717, 1.165) is 22.1 Å². The molecule has 0 spiro atoms. The number of benzene rings is 2. The van der Waals surface area contributed by atoms with Crippen molar-refractivity contribution in [2.24, 2.45) is 11.8 Å². The first kappa shape index (κ1) is 18.0. The molecule has 2 nitrogen and oxygen atoms in total. The molecule has 3 rings (SSSR count). The zero-order chi connectivity index (χ0) is 17.6. The molecule has 25 heavy (non-hydrogen) atoms. The monoisotopic (exact) mass is 355 g/mol. The van der Waals surface area contributed by atoms with Gasteiger partial charge in [0.1, 0.15) is 0 Å². The highest BCUT2D eigenvalue weighted by molar-refractivity contribution is 6.30. The molecule has 0 aliphatic heterocycles. The highest BCUT2D eigenvalue weighted by Crippen LogP contribution is 2.50. The molecule has 1 aliphatic rings. The molecule has 0 aromatic heterocycles. The van der Waals surface area contributed by atoms with Gasteiger partial charge in [0, 0.05) is 5.02 Å². The summed E-state index contributed by atoms with van der Waals surface area (Å²) in [6.07, 6.45) is 5.40. The van der Waals surface area contributed by atoms with Gasteiger partial charge in [0.25, 0.3) is 0 Å². The molecule has 1 fully saturated rings. The first-order valence-corrected chi connectivity index (χ1v) is 9.64. The van der Waals surface area contributed by atoms with Crippen molar-refractivity contribution < 1.29 is 4.79 Å². The van der Waals surface area contributed by atoms with Crippen molar-refractivity contribution in [3.8, 4) is 0 Å². The van der Waals surface area contributed by atoms with Crippen LogP contribution in [-0.2, 0) is 11.2 Å². The molecule has 3 heteroatoms. The average molecular weight is 356 g/mol. The van der Waals surface area contributed by atoms with Gasteiger partial charge >= 0.3 is 0 Å². The molecule has 1 amide bonds. The van der Waals surface area contributed by atoms with Crippen LogP contribution in [0.5, 0.6) is 0 Å². The maximum Gasteiger partial charge on any atom is 0.224 e. The predicted octanol–water partition coefficient (Wildman–Crippen LogP) is 5.57. The lowest BCUT2D eigenvalue weighted by Gasteiger charge is -2.20. The summed E-state index contributed by atoms with van der Waals surface area (Å²) in [4.78, 5) is 12.6. The summed E-state index contributed by atoms with van der Waals surface area (Å²) < 4.78 is 0. The fraction of sp³-hybridized carbons (Fsp3) is 0.409. The number of halogens is 1. The van der Waals surface area contributed by atoms with Gasteiger partial charge in [0.2, 0.25) is 5.91 Å². The first-order chi connectivity index (χ1) is 12.2. The third kappa shape index (κ3) is 5.09. The van der Waals surface area contributed by atoms with Gasteiger partial charge in [0.05, 0.1) is 12.5 Å². The van der Waals surface area contributed by atoms with E-state index in [9.17, 15) is 4.79 Å². The maximum absolute atomic E-state index is 12.6. The molecular weight excluding hydrogens is 330 g/mol. The van der Waals surface area contributed by atoms with Gasteiger partial charge in [-0.3, -0.25) is 4.79 Å². The quantitative estimate of drug-likeness (QED) is 0.659. The van der Waals surface area contributed by atoms with Gasteiger partial charge in [-0.25, -0.2) is 0 Å². The minimum Gasteiger partial charge on any atom is -0.349 e. The van der Waals surface area contributed by atoms with Crippen LogP contribution in [0.15, 0.2) is 54.6 Å². The van der Waals surface area contributed by atoms with Crippen molar-refractivity contribution in [1.82, 2.24) is 5.32 Å². The van der Waals surface area contributed by atoms with E-state index in [4.69, 9.17) is 11.6 Å². The highest BCUT2D eigenvalue weighted by Gasteiger charge is 2.43. The molecule has 132 valence electrons.